The maximum absolute atomic E-state index is 12.4. The SMILES string of the molecule is Cc1ccsc1C(=O)NC1CC2CCC1(C)C2(C)C. The Morgan fingerprint density at radius 3 is 2.63 bits per heavy atom. The summed E-state index contributed by atoms with van der Waals surface area (Å²) in [7, 11) is 0. The topological polar surface area (TPSA) is 29.1 Å². The van der Waals surface area contributed by atoms with Crippen LogP contribution in [0.5, 0.6) is 0 Å². The van der Waals surface area contributed by atoms with E-state index in [1.807, 2.05) is 18.4 Å². The van der Waals surface area contributed by atoms with Gasteiger partial charge in [-0.25, -0.2) is 0 Å². The molecule has 0 aliphatic heterocycles. The van der Waals surface area contributed by atoms with Crippen molar-refractivity contribution in [3.05, 3.63) is 21.9 Å². The van der Waals surface area contributed by atoms with Gasteiger partial charge in [-0.15, -0.1) is 11.3 Å². The van der Waals surface area contributed by atoms with Crippen molar-refractivity contribution in [2.45, 2.75) is 53.0 Å². The normalized spacial score (nSPS) is 35.6. The first-order chi connectivity index (χ1) is 8.86. The number of fused-ring (bicyclic) bond motifs is 2. The van der Waals surface area contributed by atoms with Crippen molar-refractivity contribution in [1.29, 1.82) is 0 Å². The smallest absolute Gasteiger partial charge is 0.261 e. The highest BCUT2D eigenvalue weighted by molar-refractivity contribution is 7.12. The van der Waals surface area contributed by atoms with Crippen LogP contribution >= 0.6 is 11.3 Å². The van der Waals surface area contributed by atoms with Gasteiger partial charge in [0.15, 0.2) is 0 Å². The van der Waals surface area contributed by atoms with Crippen molar-refractivity contribution in [2.75, 3.05) is 0 Å². The molecule has 2 saturated carbocycles. The standard InChI is InChI=1S/C16H23NOS/c1-10-6-8-19-13(10)14(18)17-12-9-11-5-7-16(12,4)15(11,2)3/h6,8,11-12H,5,7,9H2,1-4H3,(H,17,18). The first-order valence-corrected chi connectivity index (χ1v) is 8.09. The maximum atomic E-state index is 12.4. The summed E-state index contributed by atoms with van der Waals surface area (Å²) < 4.78 is 0. The Balaban J connectivity index is 1.79. The van der Waals surface area contributed by atoms with Crippen molar-refractivity contribution in [1.82, 2.24) is 5.32 Å². The summed E-state index contributed by atoms with van der Waals surface area (Å²) >= 11 is 1.55. The second-order valence-corrected chi connectivity index (χ2v) is 7.99. The molecule has 2 fully saturated rings. The van der Waals surface area contributed by atoms with E-state index in [1.165, 1.54) is 12.8 Å². The highest BCUT2D eigenvalue weighted by Crippen LogP contribution is 2.65. The van der Waals surface area contributed by atoms with Crippen molar-refractivity contribution >= 4 is 17.2 Å². The number of carbonyl (C=O) groups is 1. The van der Waals surface area contributed by atoms with E-state index in [4.69, 9.17) is 0 Å². The molecule has 0 saturated heterocycles. The van der Waals surface area contributed by atoms with Gasteiger partial charge in [-0.3, -0.25) is 4.79 Å². The summed E-state index contributed by atoms with van der Waals surface area (Å²) in [6.45, 7) is 9.14. The van der Waals surface area contributed by atoms with Gasteiger partial charge in [0.2, 0.25) is 0 Å². The van der Waals surface area contributed by atoms with Crippen molar-refractivity contribution in [3.8, 4) is 0 Å². The lowest BCUT2D eigenvalue weighted by atomic mass is 9.69. The number of rotatable bonds is 2. The Hall–Kier alpha value is -0.830. The van der Waals surface area contributed by atoms with E-state index in [1.54, 1.807) is 11.3 Å². The van der Waals surface area contributed by atoms with Crippen molar-refractivity contribution < 1.29 is 4.79 Å². The van der Waals surface area contributed by atoms with Crippen molar-refractivity contribution in [2.24, 2.45) is 16.7 Å². The zero-order valence-corrected chi connectivity index (χ0v) is 13.1. The van der Waals surface area contributed by atoms with Crippen LogP contribution in [0.2, 0.25) is 0 Å². The van der Waals surface area contributed by atoms with Gasteiger partial charge >= 0.3 is 0 Å². The lowest BCUT2D eigenvalue weighted by Gasteiger charge is -2.39. The van der Waals surface area contributed by atoms with Gasteiger partial charge in [0.05, 0.1) is 4.88 Å². The number of hydrogen-bond donors (Lipinski definition) is 1. The highest BCUT2D eigenvalue weighted by Gasteiger charge is 2.61. The largest absolute Gasteiger partial charge is 0.348 e. The van der Waals surface area contributed by atoms with Crippen LogP contribution in [0.15, 0.2) is 11.4 Å². The number of nitrogens with one attached hydrogen (secondary N) is 1. The summed E-state index contributed by atoms with van der Waals surface area (Å²) in [5.41, 5.74) is 1.71. The van der Waals surface area contributed by atoms with E-state index in [0.717, 1.165) is 22.8 Å². The molecule has 2 aliphatic carbocycles. The van der Waals surface area contributed by atoms with Crippen LogP contribution in [0.1, 0.15) is 55.3 Å². The molecule has 1 amide bonds. The molecule has 1 N–H and O–H groups in total. The minimum Gasteiger partial charge on any atom is -0.348 e. The van der Waals surface area contributed by atoms with E-state index < -0.39 is 0 Å². The Morgan fingerprint density at radius 1 is 1.42 bits per heavy atom. The molecule has 1 aromatic heterocycles. The molecule has 2 bridgehead atoms. The number of thiophene rings is 1. The number of carbonyl (C=O) groups excluding carboxylic acids is 1. The number of hydrogen-bond acceptors (Lipinski definition) is 2. The van der Waals surface area contributed by atoms with E-state index in [9.17, 15) is 4.79 Å². The van der Waals surface area contributed by atoms with Gasteiger partial charge < -0.3 is 5.32 Å². The van der Waals surface area contributed by atoms with Crippen LogP contribution in [-0.4, -0.2) is 11.9 Å². The third-order valence-electron chi connectivity index (χ3n) is 6.17. The summed E-state index contributed by atoms with van der Waals surface area (Å²) in [5.74, 6) is 0.898. The van der Waals surface area contributed by atoms with Gasteiger partial charge in [0.1, 0.15) is 0 Å². The van der Waals surface area contributed by atoms with Crippen LogP contribution in [0.4, 0.5) is 0 Å². The number of amides is 1. The quantitative estimate of drug-likeness (QED) is 0.869. The predicted octanol–water partition coefficient (Wildman–Crippen LogP) is 4.00. The molecule has 19 heavy (non-hydrogen) atoms. The monoisotopic (exact) mass is 277 g/mol. The van der Waals surface area contributed by atoms with E-state index in [2.05, 4.69) is 26.1 Å². The molecule has 104 valence electrons. The van der Waals surface area contributed by atoms with Crippen LogP contribution in [-0.2, 0) is 0 Å². The molecular formula is C16H23NOS. The average molecular weight is 277 g/mol. The molecule has 3 rings (SSSR count). The first kappa shape index (κ1) is 13.2. The molecule has 1 heterocycles. The second kappa shape index (κ2) is 4.08. The lowest BCUT2D eigenvalue weighted by Crippen LogP contribution is -2.46. The summed E-state index contributed by atoms with van der Waals surface area (Å²) in [5, 5.41) is 5.32. The van der Waals surface area contributed by atoms with Crippen LogP contribution < -0.4 is 5.32 Å². The molecule has 1 aromatic rings. The Kier molecular flexibility index (Phi) is 2.83. The molecule has 3 unspecified atom stereocenters. The Labute approximate surface area is 119 Å². The number of aryl methyl sites for hydroxylation is 1. The molecule has 2 aliphatic rings. The lowest BCUT2D eigenvalue weighted by molar-refractivity contribution is 0.0829. The summed E-state index contributed by atoms with van der Waals surface area (Å²) in [6, 6.07) is 2.36. The van der Waals surface area contributed by atoms with E-state index in [-0.39, 0.29) is 11.3 Å². The molecule has 3 atom stereocenters. The maximum Gasteiger partial charge on any atom is 0.261 e. The summed E-state index contributed by atoms with van der Waals surface area (Å²) in [4.78, 5) is 13.3. The van der Waals surface area contributed by atoms with Gasteiger partial charge in [0, 0.05) is 6.04 Å². The zero-order valence-electron chi connectivity index (χ0n) is 12.2. The Morgan fingerprint density at radius 2 is 2.16 bits per heavy atom. The van der Waals surface area contributed by atoms with Gasteiger partial charge in [-0.05, 0) is 59.9 Å². The average Bonchev–Trinajstić information content (AvgIpc) is 2.90. The van der Waals surface area contributed by atoms with Crippen LogP contribution in [0.3, 0.4) is 0 Å². The predicted molar refractivity (Wildman–Crippen MR) is 79.5 cm³/mol. The summed E-state index contributed by atoms with van der Waals surface area (Å²) in [6.07, 6.45) is 3.73. The molecule has 2 nitrogen and oxygen atoms in total. The molecule has 0 radical (unpaired) electrons. The van der Waals surface area contributed by atoms with Crippen LogP contribution in [0, 0.1) is 23.7 Å². The van der Waals surface area contributed by atoms with E-state index in [0.29, 0.717) is 11.5 Å². The van der Waals surface area contributed by atoms with Crippen LogP contribution in [0.25, 0.3) is 0 Å². The van der Waals surface area contributed by atoms with Crippen molar-refractivity contribution in [3.63, 3.8) is 0 Å². The third kappa shape index (κ3) is 1.70. The molecule has 0 aromatic carbocycles. The second-order valence-electron chi connectivity index (χ2n) is 7.07. The first-order valence-electron chi connectivity index (χ1n) is 7.21. The van der Waals surface area contributed by atoms with Gasteiger partial charge in [-0.1, -0.05) is 20.8 Å². The van der Waals surface area contributed by atoms with Gasteiger partial charge in [0.25, 0.3) is 5.91 Å². The van der Waals surface area contributed by atoms with E-state index >= 15 is 0 Å². The minimum atomic E-state index is 0.127. The zero-order chi connectivity index (χ0) is 13.8. The molecular weight excluding hydrogens is 254 g/mol. The molecule has 0 spiro atoms. The fourth-order valence-electron chi connectivity index (χ4n) is 4.25. The molecule has 3 heteroatoms. The fourth-order valence-corrected chi connectivity index (χ4v) is 5.08. The minimum absolute atomic E-state index is 0.127. The highest BCUT2D eigenvalue weighted by atomic mass is 32.1. The third-order valence-corrected chi connectivity index (χ3v) is 7.18. The fraction of sp³-hybridized carbons (Fsp3) is 0.688. The van der Waals surface area contributed by atoms with Gasteiger partial charge in [-0.2, -0.15) is 0 Å². The Bertz CT molecular complexity index is 519.